The largest absolute Gasteiger partial charge is 0.506 e. The summed E-state index contributed by atoms with van der Waals surface area (Å²) in [6.45, 7) is 1.51. The maximum atomic E-state index is 12.2. The highest BCUT2D eigenvalue weighted by Crippen LogP contribution is 2.31. The van der Waals surface area contributed by atoms with Gasteiger partial charge in [-0.05, 0) is 43.3 Å². The van der Waals surface area contributed by atoms with Gasteiger partial charge in [0.15, 0.2) is 0 Å². The third-order valence-electron chi connectivity index (χ3n) is 3.12. The van der Waals surface area contributed by atoms with E-state index in [-0.39, 0.29) is 26.9 Å². The molecule has 0 atom stereocenters. The second-order valence-corrected chi connectivity index (χ2v) is 7.26. The first kappa shape index (κ1) is 18.4. The Morgan fingerprint density at radius 2 is 1.83 bits per heavy atom. The minimum absolute atomic E-state index is 0.0215. The van der Waals surface area contributed by atoms with Gasteiger partial charge in [0.05, 0.1) is 22.7 Å². The lowest BCUT2D eigenvalue weighted by Gasteiger charge is -2.08. The minimum Gasteiger partial charge on any atom is -0.506 e. The lowest BCUT2D eigenvalue weighted by Crippen LogP contribution is -2.20. The normalized spacial score (nSPS) is 12.1. The number of halogens is 2. The first-order valence-electron chi connectivity index (χ1n) is 6.63. The molecule has 0 unspecified atom stereocenters. The van der Waals surface area contributed by atoms with Gasteiger partial charge < -0.3 is 9.84 Å². The predicted molar refractivity (Wildman–Crippen MR) is 93.7 cm³/mol. The molecule has 2 N–H and O–H groups in total. The number of phenolic OH excluding ortho intramolecular Hbond substituents is 1. The second kappa shape index (κ2) is 7.29. The number of benzene rings is 2. The van der Waals surface area contributed by atoms with Gasteiger partial charge in [-0.2, -0.15) is 18.4 Å². The Bertz CT molecular complexity index is 881. The number of sulfonamides is 1. The Hall–Kier alpha value is -1.96. The van der Waals surface area contributed by atoms with Crippen LogP contribution < -0.4 is 9.57 Å². The second-order valence-electron chi connectivity index (χ2n) is 4.75. The van der Waals surface area contributed by atoms with Crippen LogP contribution in [0.25, 0.3) is 0 Å². The molecule has 0 heterocycles. The van der Waals surface area contributed by atoms with Gasteiger partial charge in [0.1, 0.15) is 11.5 Å². The molecule has 0 aliphatic heterocycles. The maximum absolute atomic E-state index is 12.2. The van der Waals surface area contributed by atoms with E-state index in [1.807, 2.05) is 0 Å². The van der Waals surface area contributed by atoms with Gasteiger partial charge in [-0.25, -0.2) is 0 Å². The average Bonchev–Trinajstić information content (AvgIpc) is 2.56. The number of phenols is 1. The molecule has 0 bridgehead atoms. The van der Waals surface area contributed by atoms with Gasteiger partial charge in [0, 0.05) is 10.6 Å². The molecular formula is C15H14Cl2N2O4S. The fraction of sp³-hybridized carbons (Fsp3) is 0.133. The van der Waals surface area contributed by atoms with Gasteiger partial charge in [-0.3, -0.25) is 0 Å². The van der Waals surface area contributed by atoms with E-state index in [9.17, 15) is 13.5 Å². The van der Waals surface area contributed by atoms with Crippen molar-refractivity contribution < 1.29 is 18.3 Å². The molecule has 2 rings (SSSR count). The summed E-state index contributed by atoms with van der Waals surface area (Å²) in [6, 6.07) is 8.63. The molecule has 0 saturated carbocycles. The van der Waals surface area contributed by atoms with Crippen LogP contribution in [0.3, 0.4) is 0 Å². The van der Waals surface area contributed by atoms with E-state index in [1.165, 1.54) is 50.4 Å². The molecule has 128 valence electrons. The Morgan fingerprint density at radius 3 is 2.42 bits per heavy atom. The van der Waals surface area contributed by atoms with Gasteiger partial charge in [0.25, 0.3) is 10.0 Å². The van der Waals surface area contributed by atoms with Gasteiger partial charge in [-0.1, -0.05) is 23.2 Å². The van der Waals surface area contributed by atoms with Gasteiger partial charge in [0.2, 0.25) is 0 Å². The van der Waals surface area contributed by atoms with E-state index >= 15 is 0 Å². The molecule has 0 saturated heterocycles. The summed E-state index contributed by atoms with van der Waals surface area (Å²) in [5.74, 6) is 0.304. The molecule has 24 heavy (non-hydrogen) atoms. The summed E-state index contributed by atoms with van der Waals surface area (Å²) in [4.78, 5) is 2.12. The van der Waals surface area contributed by atoms with Crippen molar-refractivity contribution in [2.24, 2.45) is 5.10 Å². The molecule has 0 fully saturated rings. The standard InChI is InChI=1S/C15H14Cl2N2O4S/c1-9(13-7-10(16)8-14(17)15(13)20)18-19-24(21,22)12-5-3-11(23-2)4-6-12/h3-8,19-20H,1-2H3/b18-9+. The number of rotatable bonds is 5. The van der Waals surface area contributed by atoms with Gasteiger partial charge >= 0.3 is 0 Å². The van der Waals surface area contributed by atoms with Crippen LogP contribution in [0.1, 0.15) is 12.5 Å². The summed E-state index contributed by atoms with van der Waals surface area (Å²) in [7, 11) is -2.38. The summed E-state index contributed by atoms with van der Waals surface area (Å²) in [6.07, 6.45) is 0. The molecule has 6 nitrogen and oxygen atoms in total. The first-order chi connectivity index (χ1) is 11.2. The highest BCUT2D eigenvalue weighted by molar-refractivity contribution is 7.89. The molecule has 0 aliphatic rings. The molecule has 2 aromatic carbocycles. The Kier molecular flexibility index (Phi) is 5.58. The van der Waals surface area contributed by atoms with Crippen molar-refractivity contribution in [2.75, 3.05) is 7.11 Å². The highest BCUT2D eigenvalue weighted by Gasteiger charge is 2.15. The molecule has 0 aromatic heterocycles. The van der Waals surface area contributed by atoms with Crippen LogP contribution >= 0.6 is 23.2 Å². The van der Waals surface area contributed by atoms with E-state index in [0.29, 0.717) is 10.8 Å². The van der Waals surface area contributed by atoms with E-state index < -0.39 is 10.0 Å². The molecule has 0 radical (unpaired) electrons. The highest BCUT2D eigenvalue weighted by atomic mass is 35.5. The van der Waals surface area contributed by atoms with Crippen LogP contribution in [-0.2, 0) is 10.0 Å². The number of nitrogens with one attached hydrogen (secondary N) is 1. The summed E-state index contributed by atoms with van der Waals surface area (Å²) >= 11 is 11.7. The zero-order valence-corrected chi connectivity index (χ0v) is 15.1. The first-order valence-corrected chi connectivity index (χ1v) is 8.87. The zero-order valence-electron chi connectivity index (χ0n) is 12.7. The number of hydrazone groups is 1. The van der Waals surface area contributed by atoms with Crippen LogP contribution in [0.5, 0.6) is 11.5 Å². The number of methoxy groups -OCH3 is 1. The molecular weight excluding hydrogens is 375 g/mol. The number of nitrogens with zero attached hydrogens (tertiary/aromatic N) is 1. The van der Waals surface area contributed by atoms with E-state index in [4.69, 9.17) is 27.9 Å². The van der Waals surface area contributed by atoms with Crippen LogP contribution in [0.4, 0.5) is 0 Å². The van der Waals surface area contributed by atoms with Crippen molar-refractivity contribution in [3.8, 4) is 11.5 Å². The van der Waals surface area contributed by atoms with E-state index in [1.54, 1.807) is 0 Å². The van der Waals surface area contributed by atoms with Crippen LogP contribution in [0.2, 0.25) is 10.0 Å². The molecule has 0 spiro atoms. The topological polar surface area (TPSA) is 88.0 Å². The minimum atomic E-state index is -3.86. The van der Waals surface area contributed by atoms with Crippen LogP contribution in [0.15, 0.2) is 46.4 Å². The molecule has 0 aliphatic carbocycles. The summed E-state index contributed by atoms with van der Waals surface area (Å²) < 4.78 is 29.4. The van der Waals surface area contributed by atoms with Gasteiger partial charge in [-0.15, -0.1) is 0 Å². The Morgan fingerprint density at radius 1 is 1.21 bits per heavy atom. The molecule has 9 heteroatoms. The number of hydrogen-bond donors (Lipinski definition) is 2. The third kappa shape index (κ3) is 4.11. The predicted octanol–water partition coefficient (Wildman–Crippen LogP) is 3.41. The summed E-state index contributed by atoms with van der Waals surface area (Å²) in [5.41, 5.74) is 0.430. The van der Waals surface area contributed by atoms with Crippen LogP contribution in [0, 0.1) is 0 Å². The smallest absolute Gasteiger partial charge is 0.276 e. The van der Waals surface area contributed by atoms with Crippen molar-refractivity contribution in [1.82, 2.24) is 4.83 Å². The number of ether oxygens (including phenoxy) is 1. The van der Waals surface area contributed by atoms with Crippen molar-refractivity contribution in [3.63, 3.8) is 0 Å². The third-order valence-corrected chi connectivity index (χ3v) is 4.85. The van der Waals surface area contributed by atoms with Crippen molar-refractivity contribution in [1.29, 1.82) is 0 Å². The van der Waals surface area contributed by atoms with Crippen molar-refractivity contribution >= 4 is 38.9 Å². The fourth-order valence-corrected chi connectivity index (χ4v) is 3.19. The van der Waals surface area contributed by atoms with E-state index in [2.05, 4.69) is 9.93 Å². The molecule has 2 aromatic rings. The van der Waals surface area contributed by atoms with Crippen molar-refractivity contribution in [3.05, 3.63) is 52.0 Å². The molecule has 0 amide bonds. The average molecular weight is 389 g/mol. The lowest BCUT2D eigenvalue weighted by atomic mass is 10.1. The Labute approximate surface area is 149 Å². The Balaban J connectivity index is 2.28. The number of hydrogen-bond acceptors (Lipinski definition) is 5. The quantitative estimate of drug-likeness (QED) is 0.606. The van der Waals surface area contributed by atoms with E-state index in [0.717, 1.165) is 0 Å². The lowest BCUT2D eigenvalue weighted by molar-refractivity contribution is 0.414. The van der Waals surface area contributed by atoms with Crippen molar-refractivity contribution in [2.45, 2.75) is 11.8 Å². The fourth-order valence-electron chi connectivity index (χ4n) is 1.84. The number of aromatic hydroxyl groups is 1. The zero-order chi connectivity index (χ0) is 17.9. The summed E-state index contributed by atoms with van der Waals surface area (Å²) in [5, 5.41) is 14.1. The SMILES string of the molecule is COc1ccc(S(=O)(=O)N/N=C(\C)c2cc(Cl)cc(Cl)c2O)cc1. The monoisotopic (exact) mass is 388 g/mol. The maximum Gasteiger partial charge on any atom is 0.276 e. The van der Waals surface area contributed by atoms with Crippen LogP contribution in [-0.4, -0.2) is 26.3 Å².